The van der Waals surface area contributed by atoms with Gasteiger partial charge in [0.05, 0.1) is 5.56 Å². The Morgan fingerprint density at radius 2 is 1.44 bits per heavy atom. The Balaban J connectivity index is 1.75. The molecular weight excluding hydrogens is 402 g/mol. The van der Waals surface area contributed by atoms with Gasteiger partial charge in [0.15, 0.2) is 5.78 Å². The maximum Gasteiger partial charge on any atom is 0.319 e. The van der Waals surface area contributed by atoms with Crippen LogP contribution in [0.3, 0.4) is 0 Å². The number of amides is 3. The summed E-state index contributed by atoms with van der Waals surface area (Å²) in [6.45, 7) is 7.84. The molecule has 3 rings (SSSR count). The van der Waals surface area contributed by atoms with Crippen molar-refractivity contribution in [2.45, 2.75) is 13.8 Å². The number of anilines is 2. The minimum Gasteiger partial charge on any atom is -0.334 e. The summed E-state index contributed by atoms with van der Waals surface area (Å²) in [4.78, 5) is 37.7. The van der Waals surface area contributed by atoms with Crippen LogP contribution >= 0.6 is 0 Å². The molecule has 0 saturated heterocycles. The van der Waals surface area contributed by atoms with Gasteiger partial charge in [0.25, 0.3) is 5.91 Å². The third kappa shape index (κ3) is 5.49. The first kappa shape index (κ1) is 22.5. The van der Waals surface area contributed by atoms with Crippen LogP contribution in [0.2, 0.25) is 0 Å². The summed E-state index contributed by atoms with van der Waals surface area (Å²) in [6, 6.07) is 18.6. The minimum atomic E-state index is -0.387. The molecule has 0 radical (unpaired) electrons. The van der Waals surface area contributed by atoms with E-state index in [0.717, 1.165) is 11.1 Å². The van der Waals surface area contributed by atoms with E-state index in [0.29, 0.717) is 34.6 Å². The van der Waals surface area contributed by atoms with E-state index in [9.17, 15) is 14.4 Å². The van der Waals surface area contributed by atoms with Crippen LogP contribution < -0.4 is 16.0 Å². The lowest BCUT2D eigenvalue weighted by atomic mass is 9.95. The lowest BCUT2D eigenvalue weighted by molar-refractivity contribution is 0.0996. The molecule has 0 aliphatic carbocycles. The van der Waals surface area contributed by atoms with Crippen molar-refractivity contribution in [2.24, 2.45) is 0 Å². The Labute approximate surface area is 187 Å². The van der Waals surface area contributed by atoms with Crippen LogP contribution in [-0.2, 0) is 0 Å². The van der Waals surface area contributed by atoms with Gasteiger partial charge in [-0.25, -0.2) is 4.79 Å². The van der Waals surface area contributed by atoms with Gasteiger partial charge in [-0.15, -0.1) is 6.58 Å². The topological polar surface area (TPSA) is 87.3 Å². The molecule has 0 fully saturated rings. The third-order valence-electron chi connectivity index (χ3n) is 4.99. The fraction of sp³-hybridized carbons (Fsp3) is 0.115. The predicted molar refractivity (Wildman–Crippen MR) is 127 cm³/mol. The normalized spacial score (nSPS) is 10.2. The van der Waals surface area contributed by atoms with Crippen LogP contribution in [0.4, 0.5) is 16.2 Å². The molecule has 32 heavy (non-hydrogen) atoms. The molecule has 0 aliphatic heterocycles. The molecule has 3 aromatic carbocycles. The van der Waals surface area contributed by atoms with Crippen LogP contribution in [0.25, 0.3) is 0 Å². The average Bonchev–Trinajstić information content (AvgIpc) is 2.80. The zero-order chi connectivity index (χ0) is 23.1. The highest BCUT2D eigenvalue weighted by atomic mass is 16.2. The summed E-state index contributed by atoms with van der Waals surface area (Å²) in [6.07, 6.45) is 1.58. The Morgan fingerprint density at radius 3 is 2.06 bits per heavy atom. The van der Waals surface area contributed by atoms with Gasteiger partial charge in [0.2, 0.25) is 0 Å². The summed E-state index contributed by atoms with van der Waals surface area (Å²) in [7, 11) is 0. The zero-order valence-corrected chi connectivity index (χ0v) is 18.1. The second kappa shape index (κ2) is 10.2. The van der Waals surface area contributed by atoms with Crippen molar-refractivity contribution in [3.05, 3.63) is 107 Å². The van der Waals surface area contributed by atoms with E-state index in [1.165, 1.54) is 0 Å². The number of nitrogens with one attached hydrogen (secondary N) is 3. The molecule has 3 aromatic rings. The van der Waals surface area contributed by atoms with E-state index in [2.05, 4.69) is 22.5 Å². The minimum absolute atomic E-state index is 0.205. The van der Waals surface area contributed by atoms with E-state index in [1.54, 1.807) is 60.7 Å². The van der Waals surface area contributed by atoms with E-state index in [4.69, 9.17) is 0 Å². The van der Waals surface area contributed by atoms with Crippen LogP contribution in [0.5, 0.6) is 0 Å². The molecule has 3 amide bonds. The van der Waals surface area contributed by atoms with E-state index >= 15 is 0 Å². The number of ketones is 1. The number of rotatable bonds is 7. The van der Waals surface area contributed by atoms with Crippen molar-refractivity contribution in [3.8, 4) is 0 Å². The number of benzene rings is 3. The molecule has 3 N–H and O–H groups in total. The number of carbonyl (C=O) groups is 3. The van der Waals surface area contributed by atoms with Crippen LogP contribution in [-0.4, -0.2) is 24.3 Å². The molecule has 0 spiro atoms. The first-order valence-electron chi connectivity index (χ1n) is 10.2. The number of carbonyl (C=O) groups excluding carboxylic acids is 3. The summed E-state index contributed by atoms with van der Waals surface area (Å²) < 4.78 is 0. The smallest absolute Gasteiger partial charge is 0.319 e. The van der Waals surface area contributed by atoms with Crippen molar-refractivity contribution < 1.29 is 14.4 Å². The van der Waals surface area contributed by atoms with Crippen molar-refractivity contribution in [1.29, 1.82) is 0 Å². The Kier molecular flexibility index (Phi) is 7.18. The Morgan fingerprint density at radius 1 is 0.812 bits per heavy atom. The quantitative estimate of drug-likeness (QED) is 0.362. The van der Waals surface area contributed by atoms with Gasteiger partial charge in [-0.3, -0.25) is 9.59 Å². The molecule has 162 valence electrons. The predicted octanol–water partition coefficient (Wildman–Crippen LogP) is 5.09. The van der Waals surface area contributed by atoms with Gasteiger partial charge in [-0.1, -0.05) is 36.4 Å². The molecule has 0 bridgehead atoms. The Hall–Kier alpha value is -4.19. The number of aryl methyl sites for hydroxylation is 2. The van der Waals surface area contributed by atoms with E-state index in [1.807, 2.05) is 26.0 Å². The highest BCUT2D eigenvalue weighted by Crippen LogP contribution is 2.20. The maximum absolute atomic E-state index is 13.1. The third-order valence-corrected chi connectivity index (χ3v) is 4.99. The Bertz CT molecular complexity index is 1170. The summed E-state index contributed by atoms with van der Waals surface area (Å²) in [5.74, 6) is -0.592. The lowest BCUT2D eigenvalue weighted by Gasteiger charge is -2.11. The van der Waals surface area contributed by atoms with E-state index in [-0.39, 0.29) is 17.7 Å². The molecule has 0 unspecified atom stereocenters. The van der Waals surface area contributed by atoms with Gasteiger partial charge >= 0.3 is 6.03 Å². The monoisotopic (exact) mass is 427 g/mol. The fourth-order valence-electron chi connectivity index (χ4n) is 3.09. The SMILES string of the molecule is C=CCNC(=O)Nc1ccc(NC(=O)c2ccccc2C(=O)c2ccc(C)c(C)c2)cc1. The molecule has 0 heterocycles. The highest BCUT2D eigenvalue weighted by Gasteiger charge is 2.18. The highest BCUT2D eigenvalue weighted by molar-refractivity contribution is 6.17. The largest absolute Gasteiger partial charge is 0.334 e. The molecular formula is C26H25N3O3. The van der Waals surface area contributed by atoms with Gasteiger partial charge in [-0.2, -0.15) is 0 Å². The summed E-state index contributed by atoms with van der Waals surface area (Å²) >= 11 is 0. The molecule has 0 saturated carbocycles. The molecule has 6 nitrogen and oxygen atoms in total. The van der Waals surface area contributed by atoms with Gasteiger partial charge in [0.1, 0.15) is 0 Å². The van der Waals surface area contributed by atoms with Crippen LogP contribution in [0.1, 0.15) is 37.4 Å². The van der Waals surface area contributed by atoms with Crippen molar-refractivity contribution in [1.82, 2.24) is 5.32 Å². The van der Waals surface area contributed by atoms with Crippen LogP contribution in [0, 0.1) is 13.8 Å². The summed E-state index contributed by atoms with van der Waals surface area (Å²) in [5, 5.41) is 8.11. The van der Waals surface area contributed by atoms with Crippen molar-refractivity contribution >= 4 is 29.1 Å². The lowest BCUT2D eigenvalue weighted by Crippen LogP contribution is -2.28. The molecule has 0 atom stereocenters. The first-order valence-corrected chi connectivity index (χ1v) is 10.2. The number of hydrogen-bond acceptors (Lipinski definition) is 3. The second-order valence-electron chi connectivity index (χ2n) is 7.33. The second-order valence-corrected chi connectivity index (χ2v) is 7.33. The van der Waals surface area contributed by atoms with E-state index < -0.39 is 0 Å². The number of hydrogen-bond donors (Lipinski definition) is 3. The molecule has 0 aliphatic rings. The fourth-order valence-corrected chi connectivity index (χ4v) is 3.09. The van der Waals surface area contributed by atoms with Crippen molar-refractivity contribution in [2.75, 3.05) is 17.2 Å². The van der Waals surface area contributed by atoms with Crippen molar-refractivity contribution in [3.63, 3.8) is 0 Å². The van der Waals surface area contributed by atoms with Gasteiger partial charge in [-0.05, 0) is 61.4 Å². The van der Waals surface area contributed by atoms with Crippen LogP contribution in [0.15, 0.2) is 79.4 Å². The standard InChI is InChI=1S/C26H25N3O3/c1-4-15-27-26(32)29-21-13-11-20(12-14-21)28-25(31)23-8-6-5-7-22(23)24(30)19-10-9-17(2)18(3)16-19/h4-14,16H,1,15H2,2-3H3,(H,28,31)(H2,27,29,32). The van der Waals surface area contributed by atoms with Gasteiger partial charge in [0, 0.05) is 29.0 Å². The first-order chi connectivity index (χ1) is 15.4. The number of urea groups is 1. The maximum atomic E-state index is 13.1. The molecule has 0 aromatic heterocycles. The average molecular weight is 428 g/mol. The summed E-state index contributed by atoms with van der Waals surface area (Å²) in [5.41, 5.74) is 4.41. The zero-order valence-electron chi connectivity index (χ0n) is 18.1. The molecule has 6 heteroatoms. The van der Waals surface area contributed by atoms with Gasteiger partial charge < -0.3 is 16.0 Å².